The molecule has 1 aromatic rings. The third-order valence-corrected chi connectivity index (χ3v) is 2.33. The van der Waals surface area contributed by atoms with E-state index in [4.69, 9.17) is 15.2 Å². The zero-order chi connectivity index (χ0) is 13.5. The molecule has 6 nitrogen and oxygen atoms in total. The Bertz CT molecular complexity index is 417. The standard InChI is InChI=1S/C12H21N3O3/c1-4-17-10(8-18-9(2)3)7-15-6-5-11(16)14-12(15)13/h5-6,9-10H,4,7-8H2,1-3H3,(H2,13,14,16). The Morgan fingerprint density at radius 2 is 2.17 bits per heavy atom. The highest BCUT2D eigenvalue weighted by Crippen LogP contribution is 2.04. The molecule has 0 saturated carbocycles. The number of anilines is 1. The smallest absolute Gasteiger partial charge is 0.274 e. The van der Waals surface area contributed by atoms with Crippen LogP contribution in [0.2, 0.25) is 0 Å². The lowest BCUT2D eigenvalue weighted by Crippen LogP contribution is -2.29. The molecule has 102 valence electrons. The van der Waals surface area contributed by atoms with Gasteiger partial charge in [0.1, 0.15) is 0 Å². The van der Waals surface area contributed by atoms with Crippen LogP contribution in [0.1, 0.15) is 20.8 Å². The van der Waals surface area contributed by atoms with Crippen LogP contribution < -0.4 is 11.3 Å². The number of nitrogen functional groups attached to an aromatic ring is 1. The summed E-state index contributed by atoms with van der Waals surface area (Å²) in [6, 6.07) is 1.38. The zero-order valence-electron chi connectivity index (χ0n) is 11.1. The second-order valence-electron chi connectivity index (χ2n) is 4.24. The van der Waals surface area contributed by atoms with Crippen molar-refractivity contribution in [2.45, 2.75) is 39.5 Å². The molecule has 1 heterocycles. The molecule has 0 aromatic carbocycles. The summed E-state index contributed by atoms with van der Waals surface area (Å²) in [7, 11) is 0. The third-order valence-electron chi connectivity index (χ3n) is 2.33. The number of ether oxygens (including phenoxy) is 2. The van der Waals surface area contributed by atoms with Gasteiger partial charge in [-0.25, -0.2) is 0 Å². The molecule has 1 atom stereocenters. The van der Waals surface area contributed by atoms with Crippen molar-refractivity contribution >= 4 is 5.95 Å². The third kappa shape index (κ3) is 4.85. The lowest BCUT2D eigenvalue weighted by Gasteiger charge is -2.20. The number of hydrogen-bond acceptors (Lipinski definition) is 5. The molecule has 0 spiro atoms. The molecule has 0 aliphatic rings. The molecule has 2 N–H and O–H groups in total. The maximum absolute atomic E-state index is 11.0. The number of aromatic nitrogens is 2. The summed E-state index contributed by atoms with van der Waals surface area (Å²) in [4.78, 5) is 14.7. The predicted molar refractivity (Wildman–Crippen MR) is 69.4 cm³/mol. The van der Waals surface area contributed by atoms with Crippen molar-refractivity contribution < 1.29 is 9.47 Å². The van der Waals surface area contributed by atoms with E-state index in [1.807, 2.05) is 20.8 Å². The lowest BCUT2D eigenvalue weighted by molar-refractivity contribution is -0.0378. The van der Waals surface area contributed by atoms with Crippen LogP contribution in [0.4, 0.5) is 5.95 Å². The van der Waals surface area contributed by atoms with Crippen LogP contribution in [0.3, 0.4) is 0 Å². The maximum Gasteiger partial charge on any atom is 0.274 e. The monoisotopic (exact) mass is 255 g/mol. The van der Waals surface area contributed by atoms with Gasteiger partial charge in [-0.15, -0.1) is 0 Å². The highest BCUT2D eigenvalue weighted by molar-refractivity contribution is 5.15. The molecule has 1 aromatic heterocycles. The van der Waals surface area contributed by atoms with Crippen LogP contribution in [0.25, 0.3) is 0 Å². The molecule has 18 heavy (non-hydrogen) atoms. The van der Waals surface area contributed by atoms with E-state index in [0.29, 0.717) is 19.8 Å². The van der Waals surface area contributed by atoms with E-state index in [2.05, 4.69) is 4.98 Å². The second kappa shape index (κ2) is 7.13. The van der Waals surface area contributed by atoms with Crippen LogP contribution in [-0.2, 0) is 16.0 Å². The largest absolute Gasteiger partial charge is 0.376 e. The van der Waals surface area contributed by atoms with Gasteiger partial charge in [-0.2, -0.15) is 4.98 Å². The summed E-state index contributed by atoms with van der Waals surface area (Å²) < 4.78 is 12.8. The molecule has 1 rings (SSSR count). The van der Waals surface area contributed by atoms with Gasteiger partial charge in [-0.1, -0.05) is 0 Å². The molecule has 1 unspecified atom stereocenters. The average molecular weight is 255 g/mol. The average Bonchev–Trinajstić information content (AvgIpc) is 2.29. The summed E-state index contributed by atoms with van der Waals surface area (Å²) in [6.07, 6.45) is 1.66. The SMILES string of the molecule is CCOC(COC(C)C)Cn1ccc(=O)nc1N. The zero-order valence-corrected chi connectivity index (χ0v) is 11.1. The van der Waals surface area contributed by atoms with E-state index < -0.39 is 0 Å². The Kier molecular flexibility index (Phi) is 5.80. The first-order chi connectivity index (χ1) is 8.52. The van der Waals surface area contributed by atoms with Gasteiger partial charge in [0.05, 0.1) is 25.4 Å². The van der Waals surface area contributed by atoms with Crippen molar-refractivity contribution in [3.05, 3.63) is 22.6 Å². The maximum atomic E-state index is 11.0. The highest BCUT2D eigenvalue weighted by Gasteiger charge is 2.12. The number of nitrogens with zero attached hydrogens (tertiary/aromatic N) is 2. The molecule has 0 bridgehead atoms. The summed E-state index contributed by atoms with van der Waals surface area (Å²) in [5.41, 5.74) is 5.34. The van der Waals surface area contributed by atoms with E-state index in [1.165, 1.54) is 6.07 Å². The Hall–Kier alpha value is -1.40. The number of hydrogen-bond donors (Lipinski definition) is 1. The van der Waals surface area contributed by atoms with Crippen molar-refractivity contribution in [3.8, 4) is 0 Å². The molecule has 6 heteroatoms. The molecule has 0 aliphatic carbocycles. The summed E-state index contributed by atoms with van der Waals surface area (Å²) in [5.74, 6) is 0.191. The van der Waals surface area contributed by atoms with Crippen molar-refractivity contribution in [2.24, 2.45) is 0 Å². The van der Waals surface area contributed by atoms with Gasteiger partial charge in [0.15, 0.2) is 0 Å². The molecular weight excluding hydrogens is 234 g/mol. The van der Waals surface area contributed by atoms with E-state index >= 15 is 0 Å². The molecule has 0 saturated heterocycles. The van der Waals surface area contributed by atoms with E-state index in [1.54, 1.807) is 10.8 Å². The Morgan fingerprint density at radius 3 is 2.72 bits per heavy atom. The fourth-order valence-corrected chi connectivity index (χ4v) is 1.51. The van der Waals surface area contributed by atoms with Gasteiger partial charge >= 0.3 is 0 Å². The predicted octanol–water partition coefficient (Wildman–Crippen LogP) is 0.656. The fourth-order valence-electron chi connectivity index (χ4n) is 1.51. The highest BCUT2D eigenvalue weighted by atomic mass is 16.5. The van der Waals surface area contributed by atoms with Gasteiger partial charge in [0.2, 0.25) is 5.95 Å². The van der Waals surface area contributed by atoms with Crippen molar-refractivity contribution in [2.75, 3.05) is 18.9 Å². The van der Waals surface area contributed by atoms with Crippen LogP contribution in [0, 0.1) is 0 Å². The van der Waals surface area contributed by atoms with Gasteiger partial charge < -0.3 is 19.8 Å². The molecular formula is C12H21N3O3. The van der Waals surface area contributed by atoms with Crippen LogP contribution in [0.5, 0.6) is 0 Å². The van der Waals surface area contributed by atoms with Gasteiger partial charge in [-0.05, 0) is 20.8 Å². The fraction of sp³-hybridized carbons (Fsp3) is 0.667. The van der Waals surface area contributed by atoms with Crippen molar-refractivity contribution in [1.29, 1.82) is 0 Å². The summed E-state index contributed by atoms with van der Waals surface area (Å²) >= 11 is 0. The van der Waals surface area contributed by atoms with E-state index in [-0.39, 0.29) is 23.7 Å². The molecule has 0 aliphatic heterocycles. The number of nitrogens with two attached hydrogens (primary N) is 1. The lowest BCUT2D eigenvalue weighted by atomic mass is 10.3. The second-order valence-corrected chi connectivity index (χ2v) is 4.24. The summed E-state index contributed by atoms with van der Waals surface area (Å²) in [6.45, 7) is 7.46. The normalized spacial score (nSPS) is 12.9. The van der Waals surface area contributed by atoms with Gasteiger partial charge in [-0.3, -0.25) is 4.79 Å². The van der Waals surface area contributed by atoms with Crippen LogP contribution in [-0.4, -0.2) is 35.0 Å². The van der Waals surface area contributed by atoms with Gasteiger partial charge in [0.25, 0.3) is 5.56 Å². The van der Waals surface area contributed by atoms with Crippen molar-refractivity contribution in [3.63, 3.8) is 0 Å². The van der Waals surface area contributed by atoms with E-state index in [9.17, 15) is 4.79 Å². The quantitative estimate of drug-likeness (QED) is 0.774. The minimum Gasteiger partial charge on any atom is -0.376 e. The topological polar surface area (TPSA) is 79.4 Å². The van der Waals surface area contributed by atoms with Crippen LogP contribution in [0.15, 0.2) is 17.1 Å². The number of rotatable bonds is 7. The Balaban J connectivity index is 2.66. The first kappa shape index (κ1) is 14.7. The minimum absolute atomic E-state index is 0.107. The molecule has 0 amide bonds. The molecule has 0 radical (unpaired) electrons. The minimum atomic E-state index is -0.338. The van der Waals surface area contributed by atoms with Crippen LogP contribution >= 0.6 is 0 Å². The van der Waals surface area contributed by atoms with Crippen molar-refractivity contribution in [1.82, 2.24) is 9.55 Å². The first-order valence-corrected chi connectivity index (χ1v) is 6.09. The van der Waals surface area contributed by atoms with E-state index in [0.717, 1.165) is 0 Å². The molecule has 0 fully saturated rings. The Morgan fingerprint density at radius 1 is 1.44 bits per heavy atom. The first-order valence-electron chi connectivity index (χ1n) is 6.09. The van der Waals surface area contributed by atoms with Gasteiger partial charge in [0, 0.05) is 18.9 Å². The Labute approximate surface area is 107 Å². The summed E-state index contributed by atoms with van der Waals surface area (Å²) in [5, 5.41) is 0.